The van der Waals surface area contributed by atoms with E-state index in [-0.39, 0.29) is 11.5 Å². The number of furan rings is 1. The summed E-state index contributed by atoms with van der Waals surface area (Å²) in [6.45, 7) is 0. The molecular weight excluding hydrogens is 276 g/mol. The SMILES string of the molecule is COc1cccc2cc(C(=O)/C=C\c3csnn3)oc12. The average Bonchev–Trinajstić information content (AvgIpc) is 3.12. The van der Waals surface area contributed by atoms with Gasteiger partial charge in [-0.1, -0.05) is 16.6 Å². The molecule has 2 aromatic heterocycles. The minimum absolute atomic E-state index is 0.226. The van der Waals surface area contributed by atoms with E-state index >= 15 is 0 Å². The topological polar surface area (TPSA) is 65.2 Å². The largest absolute Gasteiger partial charge is 0.493 e. The molecule has 0 fully saturated rings. The van der Waals surface area contributed by atoms with Gasteiger partial charge in [-0.05, 0) is 35.8 Å². The monoisotopic (exact) mass is 286 g/mol. The number of hydrogen-bond donors (Lipinski definition) is 0. The zero-order valence-corrected chi connectivity index (χ0v) is 11.4. The minimum atomic E-state index is -0.226. The molecular formula is C14H10N2O3S. The predicted octanol–water partition coefficient (Wildman–Crippen LogP) is 3.19. The number of allylic oxidation sites excluding steroid dienone is 1. The van der Waals surface area contributed by atoms with Crippen LogP contribution < -0.4 is 4.74 Å². The molecule has 0 spiro atoms. The average molecular weight is 286 g/mol. The third kappa shape index (κ3) is 2.33. The minimum Gasteiger partial charge on any atom is -0.493 e. The van der Waals surface area contributed by atoms with Crippen LogP contribution in [-0.4, -0.2) is 22.5 Å². The van der Waals surface area contributed by atoms with Gasteiger partial charge in [0.1, 0.15) is 0 Å². The standard InChI is InChI=1S/C14H10N2O3S/c1-18-12-4-2-3-9-7-13(19-14(9)12)11(17)6-5-10-8-20-16-15-10/h2-8H,1H3/b6-5-. The van der Waals surface area contributed by atoms with Gasteiger partial charge in [-0.3, -0.25) is 4.79 Å². The van der Waals surface area contributed by atoms with Gasteiger partial charge >= 0.3 is 0 Å². The highest BCUT2D eigenvalue weighted by Crippen LogP contribution is 2.28. The molecule has 0 aliphatic rings. The van der Waals surface area contributed by atoms with Gasteiger partial charge in [0.05, 0.1) is 12.8 Å². The van der Waals surface area contributed by atoms with Gasteiger partial charge in [0.25, 0.3) is 0 Å². The fourth-order valence-electron chi connectivity index (χ4n) is 1.81. The molecule has 3 aromatic rings. The van der Waals surface area contributed by atoms with E-state index in [9.17, 15) is 4.79 Å². The van der Waals surface area contributed by atoms with Crippen LogP contribution in [0.1, 0.15) is 16.2 Å². The Morgan fingerprint density at radius 2 is 2.35 bits per heavy atom. The van der Waals surface area contributed by atoms with E-state index in [4.69, 9.17) is 9.15 Å². The number of hydrogen-bond acceptors (Lipinski definition) is 6. The van der Waals surface area contributed by atoms with Crippen molar-refractivity contribution in [3.63, 3.8) is 0 Å². The summed E-state index contributed by atoms with van der Waals surface area (Å²) in [4.78, 5) is 12.0. The number of ketones is 1. The number of para-hydroxylation sites is 1. The van der Waals surface area contributed by atoms with Crippen molar-refractivity contribution in [2.45, 2.75) is 0 Å². The smallest absolute Gasteiger partial charge is 0.221 e. The van der Waals surface area contributed by atoms with Crippen LogP contribution in [0.3, 0.4) is 0 Å². The maximum absolute atomic E-state index is 12.0. The second kappa shape index (κ2) is 5.26. The Labute approximate surface area is 118 Å². The number of aromatic nitrogens is 2. The highest BCUT2D eigenvalue weighted by Gasteiger charge is 2.12. The Balaban J connectivity index is 1.92. The number of rotatable bonds is 4. The number of benzene rings is 1. The van der Waals surface area contributed by atoms with Crippen LogP contribution in [0.15, 0.2) is 40.1 Å². The summed E-state index contributed by atoms with van der Waals surface area (Å²) in [6, 6.07) is 7.20. The van der Waals surface area contributed by atoms with E-state index in [1.807, 2.05) is 12.1 Å². The number of carbonyl (C=O) groups excluding carboxylic acids is 1. The summed E-state index contributed by atoms with van der Waals surface area (Å²) in [5.41, 5.74) is 1.22. The molecule has 100 valence electrons. The first-order valence-corrected chi connectivity index (χ1v) is 6.67. The number of methoxy groups -OCH3 is 1. The molecule has 0 aliphatic heterocycles. The van der Waals surface area contributed by atoms with Gasteiger partial charge in [-0.25, -0.2) is 0 Å². The van der Waals surface area contributed by atoms with E-state index in [0.29, 0.717) is 17.0 Å². The zero-order chi connectivity index (χ0) is 13.9. The van der Waals surface area contributed by atoms with E-state index in [1.54, 1.807) is 30.7 Å². The first-order valence-electron chi connectivity index (χ1n) is 5.84. The second-order valence-corrected chi connectivity index (χ2v) is 4.63. The molecule has 0 atom stereocenters. The first kappa shape index (κ1) is 12.6. The Hall–Kier alpha value is -2.47. The maximum Gasteiger partial charge on any atom is 0.221 e. The van der Waals surface area contributed by atoms with Gasteiger partial charge < -0.3 is 9.15 Å². The lowest BCUT2D eigenvalue weighted by molar-refractivity contribution is 0.102. The van der Waals surface area contributed by atoms with Crippen LogP contribution in [-0.2, 0) is 0 Å². The van der Waals surface area contributed by atoms with Crippen LogP contribution in [0.25, 0.3) is 17.0 Å². The molecule has 2 heterocycles. The van der Waals surface area contributed by atoms with Crippen molar-refractivity contribution in [3.8, 4) is 5.75 Å². The Morgan fingerprint density at radius 1 is 1.45 bits per heavy atom. The molecule has 0 N–H and O–H groups in total. The summed E-state index contributed by atoms with van der Waals surface area (Å²) in [5, 5.41) is 6.42. The van der Waals surface area contributed by atoms with Crippen molar-refractivity contribution in [3.05, 3.63) is 47.2 Å². The summed E-state index contributed by atoms with van der Waals surface area (Å²) < 4.78 is 14.5. The number of carbonyl (C=O) groups is 1. The summed E-state index contributed by atoms with van der Waals surface area (Å²) in [5.74, 6) is 0.648. The van der Waals surface area contributed by atoms with Gasteiger partial charge in [0.2, 0.25) is 5.78 Å². The van der Waals surface area contributed by atoms with Crippen molar-refractivity contribution < 1.29 is 13.9 Å². The van der Waals surface area contributed by atoms with Crippen LogP contribution in [0.2, 0.25) is 0 Å². The molecule has 0 radical (unpaired) electrons. The van der Waals surface area contributed by atoms with Crippen molar-refractivity contribution in [1.29, 1.82) is 0 Å². The molecule has 5 nitrogen and oxygen atoms in total. The normalized spacial score (nSPS) is 11.2. The lowest BCUT2D eigenvalue weighted by Gasteiger charge is -1.98. The first-order chi connectivity index (χ1) is 9.78. The molecule has 3 rings (SSSR count). The third-order valence-corrected chi connectivity index (χ3v) is 3.28. The van der Waals surface area contributed by atoms with Crippen LogP contribution in [0.4, 0.5) is 0 Å². The van der Waals surface area contributed by atoms with Crippen LogP contribution in [0.5, 0.6) is 5.75 Å². The molecule has 0 unspecified atom stereocenters. The highest BCUT2D eigenvalue weighted by molar-refractivity contribution is 7.03. The number of ether oxygens (including phenoxy) is 1. The maximum atomic E-state index is 12.0. The lowest BCUT2D eigenvalue weighted by atomic mass is 10.2. The molecule has 0 amide bonds. The van der Waals surface area contributed by atoms with Crippen molar-refractivity contribution in [2.24, 2.45) is 0 Å². The van der Waals surface area contributed by atoms with E-state index in [0.717, 1.165) is 5.39 Å². The second-order valence-electron chi connectivity index (χ2n) is 4.02. The summed E-state index contributed by atoms with van der Waals surface area (Å²) in [7, 11) is 1.56. The van der Waals surface area contributed by atoms with Crippen molar-refractivity contribution in [2.75, 3.05) is 7.11 Å². The van der Waals surface area contributed by atoms with Gasteiger partial charge in [0.15, 0.2) is 17.1 Å². The fourth-order valence-corrected chi connectivity index (χ4v) is 2.23. The van der Waals surface area contributed by atoms with Gasteiger partial charge in [-0.15, -0.1) is 5.10 Å². The van der Waals surface area contributed by atoms with Crippen LogP contribution in [0, 0.1) is 0 Å². The Morgan fingerprint density at radius 3 is 3.10 bits per heavy atom. The predicted molar refractivity (Wildman–Crippen MR) is 76.0 cm³/mol. The van der Waals surface area contributed by atoms with E-state index in [2.05, 4.69) is 9.59 Å². The van der Waals surface area contributed by atoms with Crippen molar-refractivity contribution in [1.82, 2.24) is 9.59 Å². The highest BCUT2D eigenvalue weighted by atomic mass is 32.1. The molecule has 1 aromatic carbocycles. The molecule has 20 heavy (non-hydrogen) atoms. The van der Waals surface area contributed by atoms with Gasteiger partial charge in [0, 0.05) is 10.8 Å². The Bertz CT molecular complexity index is 775. The molecule has 0 saturated carbocycles. The van der Waals surface area contributed by atoms with E-state index < -0.39 is 0 Å². The lowest BCUT2D eigenvalue weighted by Crippen LogP contribution is -1.90. The third-order valence-electron chi connectivity index (χ3n) is 2.75. The summed E-state index contributed by atoms with van der Waals surface area (Å²) >= 11 is 1.23. The molecule has 0 saturated heterocycles. The van der Waals surface area contributed by atoms with Crippen molar-refractivity contribution >= 4 is 34.4 Å². The molecule has 0 bridgehead atoms. The quantitative estimate of drug-likeness (QED) is 0.544. The summed E-state index contributed by atoms with van der Waals surface area (Å²) in [6.07, 6.45) is 3.02. The molecule has 6 heteroatoms. The van der Waals surface area contributed by atoms with Crippen LogP contribution >= 0.6 is 11.5 Å². The molecule has 0 aliphatic carbocycles. The zero-order valence-electron chi connectivity index (χ0n) is 10.6. The Kier molecular flexibility index (Phi) is 3.30. The van der Waals surface area contributed by atoms with E-state index in [1.165, 1.54) is 17.6 Å². The number of nitrogens with zero attached hydrogens (tertiary/aromatic N) is 2. The number of fused-ring (bicyclic) bond motifs is 1. The van der Waals surface area contributed by atoms with Gasteiger partial charge in [-0.2, -0.15) is 0 Å². The fraction of sp³-hybridized carbons (Fsp3) is 0.0714.